The predicted octanol–water partition coefficient (Wildman–Crippen LogP) is 17.8. The minimum Gasteiger partial charge on any atom is -0.247 e. The van der Waals surface area contributed by atoms with Crippen molar-refractivity contribution in [2.75, 3.05) is 0 Å². The Labute approximate surface area is 422 Å². The van der Waals surface area contributed by atoms with Crippen LogP contribution in [0.5, 0.6) is 0 Å². The molecule has 3 nitrogen and oxygen atoms in total. The third kappa shape index (κ3) is 6.22. The van der Waals surface area contributed by atoms with Gasteiger partial charge in [-0.05, 0) is 108 Å². The van der Waals surface area contributed by atoms with Crippen LogP contribution in [0.2, 0.25) is 0 Å². The van der Waals surface area contributed by atoms with Crippen molar-refractivity contribution in [2.45, 2.75) is 5.41 Å². The second kappa shape index (κ2) is 16.2. The first-order valence-electron chi connectivity index (χ1n) is 25.1. The lowest BCUT2D eigenvalue weighted by Crippen LogP contribution is -2.28. The van der Waals surface area contributed by atoms with Gasteiger partial charge in [-0.3, -0.25) is 0 Å². The van der Waals surface area contributed by atoms with Gasteiger partial charge >= 0.3 is 0 Å². The van der Waals surface area contributed by atoms with Crippen LogP contribution in [-0.2, 0) is 5.41 Å². The van der Waals surface area contributed by atoms with E-state index in [0.29, 0.717) is 0 Å². The third-order valence-corrected chi connectivity index (χ3v) is 15.5. The molecule has 73 heavy (non-hydrogen) atoms. The lowest BCUT2D eigenvalue weighted by molar-refractivity contribution is 0.769. The van der Waals surface area contributed by atoms with Gasteiger partial charge in [-0.15, -0.1) is 0 Å². The molecule has 0 fully saturated rings. The van der Waals surface area contributed by atoms with E-state index in [1.165, 1.54) is 55.1 Å². The van der Waals surface area contributed by atoms with Crippen molar-refractivity contribution in [3.63, 3.8) is 0 Å². The first kappa shape index (κ1) is 41.2. The number of hydrogen-bond donors (Lipinski definition) is 0. The van der Waals surface area contributed by atoms with Gasteiger partial charge in [-0.1, -0.05) is 224 Å². The molecule has 3 heteroatoms. The summed E-state index contributed by atoms with van der Waals surface area (Å²) >= 11 is 0. The van der Waals surface area contributed by atoms with Gasteiger partial charge in [0.05, 0.1) is 39.0 Å². The van der Waals surface area contributed by atoms with Crippen LogP contribution in [0, 0.1) is 0 Å². The van der Waals surface area contributed by atoms with Gasteiger partial charge in [0, 0.05) is 38.2 Å². The Hall–Kier alpha value is -9.57. The maximum atomic E-state index is 5.58. The Morgan fingerprint density at radius 2 is 0.781 bits per heavy atom. The maximum Gasteiger partial charge on any atom is 0.0972 e. The Kier molecular flexibility index (Phi) is 9.18. The summed E-state index contributed by atoms with van der Waals surface area (Å²) in [4.78, 5) is 16.4. The van der Waals surface area contributed by atoms with Crippen molar-refractivity contribution in [3.05, 3.63) is 283 Å². The summed E-state index contributed by atoms with van der Waals surface area (Å²) in [6.07, 6.45) is 0. The smallest absolute Gasteiger partial charge is 0.0972 e. The second-order valence-electron chi connectivity index (χ2n) is 19.3. The number of rotatable bonds is 6. The van der Waals surface area contributed by atoms with Crippen molar-refractivity contribution in [3.8, 4) is 56.0 Å². The molecule has 0 atom stereocenters. The van der Waals surface area contributed by atoms with Crippen LogP contribution in [0.3, 0.4) is 0 Å². The highest BCUT2D eigenvalue weighted by atomic mass is 14.8. The molecule has 0 bridgehead atoms. The Morgan fingerprint density at radius 1 is 0.274 bits per heavy atom. The molecule has 15 rings (SSSR count). The molecule has 0 aliphatic heterocycles. The highest BCUT2D eigenvalue weighted by Crippen LogP contribution is 2.57. The van der Waals surface area contributed by atoms with Gasteiger partial charge in [-0.2, -0.15) is 0 Å². The van der Waals surface area contributed by atoms with Gasteiger partial charge in [-0.25, -0.2) is 15.0 Å². The van der Waals surface area contributed by atoms with Gasteiger partial charge in [0.15, 0.2) is 0 Å². The molecule has 14 aromatic rings. The first-order chi connectivity index (χ1) is 36.2. The van der Waals surface area contributed by atoms with Crippen LogP contribution < -0.4 is 0 Å². The molecule has 3 aromatic heterocycles. The van der Waals surface area contributed by atoms with Crippen LogP contribution >= 0.6 is 0 Å². The molecule has 3 heterocycles. The van der Waals surface area contributed by atoms with E-state index in [9.17, 15) is 0 Å². The zero-order chi connectivity index (χ0) is 48.0. The standard InChI is InChI=1S/C70H43N3/c1-4-19-44(20-5-1)62-39-37-45-35-36-46-38-40-64(73-69(46)68(45)71-62)66-55-31-12-10-29-53(55)65(54-30-11-13-32-56(54)66)47-21-18-22-48(41-47)67-59-42-58-51-27-14-16-33-60(51)70(49-23-6-2-7-24-49,50-25-8-3-9-26-50)61(58)43-57(59)52-28-15-17-34-63(52)72-67/h1-43H. The highest BCUT2D eigenvalue weighted by Gasteiger charge is 2.46. The monoisotopic (exact) mass is 925 g/mol. The maximum absolute atomic E-state index is 5.58. The molecule has 0 N–H and O–H groups in total. The number of fused-ring (bicyclic) bond motifs is 11. The summed E-state index contributed by atoms with van der Waals surface area (Å²) in [5.74, 6) is 0. The minimum absolute atomic E-state index is 0.514. The van der Waals surface area contributed by atoms with Crippen LogP contribution in [0.1, 0.15) is 22.3 Å². The molecular formula is C70H43N3. The number of para-hydroxylation sites is 1. The number of hydrogen-bond acceptors (Lipinski definition) is 3. The average molecular weight is 926 g/mol. The zero-order valence-corrected chi connectivity index (χ0v) is 39.7. The Morgan fingerprint density at radius 3 is 1.45 bits per heavy atom. The topological polar surface area (TPSA) is 38.7 Å². The molecule has 0 radical (unpaired) electrons. The van der Waals surface area contributed by atoms with Gasteiger partial charge in [0.1, 0.15) is 0 Å². The summed E-state index contributed by atoms with van der Waals surface area (Å²) in [5.41, 5.74) is 18.2. The SMILES string of the molecule is c1ccc(-c2ccc3ccc4ccc(-c5c6ccccc6c(-c6cccc(-c7nc8ccccc8c8cc9c(cc78)-c7ccccc7C9(c7ccccc7)c7ccccc7)c6)c6ccccc56)nc4c3n2)cc1. The third-order valence-electron chi connectivity index (χ3n) is 15.5. The van der Waals surface area contributed by atoms with Gasteiger partial charge in [0.25, 0.3) is 0 Å². The molecule has 0 spiro atoms. The molecular weight excluding hydrogens is 883 g/mol. The number of nitrogens with zero attached hydrogens (tertiary/aromatic N) is 3. The molecule has 0 saturated heterocycles. The first-order valence-corrected chi connectivity index (χ1v) is 25.1. The minimum atomic E-state index is -0.514. The fraction of sp³-hybridized carbons (Fsp3) is 0.0143. The van der Waals surface area contributed by atoms with E-state index in [2.05, 4.69) is 255 Å². The lowest BCUT2D eigenvalue weighted by atomic mass is 9.67. The van der Waals surface area contributed by atoms with E-state index in [-0.39, 0.29) is 0 Å². The van der Waals surface area contributed by atoms with Crippen molar-refractivity contribution in [1.29, 1.82) is 0 Å². The van der Waals surface area contributed by atoms with Crippen molar-refractivity contribution in [1.82, 2.24) is 15.0 Å². The molecule has 0 saturated carbocycles. The second-order valence-corrected chi connectivity index (χ2v) is 19.3. The van der Waals surface area contributed by atoms with E-state index in [4.69, 9.17) is 15.0 Å². The summed E-state index contributed by atoms with van der Waals surface area (Å²) in [6.45, 7) is 0. The van der Waals surface area contributed by atoms with Crippen molar-refractivity contribution in [2.24, 2.45) is 0 Å². The summed E-state index contributed by atoms with van der Waals surface area (Å²) in [7, 11) is 0. The number of pyridine rings is 3. The van der Waals surface area contributed by atoms with Crippen molar-refractivity contribution >= 4 is 65.0 Å². The number of benzene rings is 11. The Bertz CT molecular complexity index is 4450. The quantitative estimate of drug-likeness (QED) is 0.123. The van der Waals surface area contributed by atoms with Crippen LogP contribution in [0.4, 0.5) is 0 Å². The largest absolute Gasteiger partial charge is 0.247 e. The van der Waals surface area contributed by atoms with E-state index in [0.717, 1.165) is 88.2 Å². The average Bonchev–Trinajstić information content (AvgIpc) is 3.80. The van der Waals surface area contributed by atoms with E-state index in [1.807, 2.05) is 6.07 Å². The van der Waals surface area contributed by atoms with Gasteiger partial charge in [0.2, 0.25) is 0 Å². The molecule has 0 unspecified atom stereocenters. The van der Waals surface area contributed by atoms with Crippen molar-refractivity contribution < 1.29 is 0 Å². The molecule has 0 amide bonds. The molecule has 338 valence electrons. The normalized spacial score (nSPS) is 12.8. The fourth-order valence-electron chi connectivity index (χ4n) is 12.3. The summed E-state index contributed by atoms with van der Waals surface area (Å²) in [5, 5.41) is 10.2. The zero-order valence-electron chi connectivity index (χ0n) is 39.7. The lowest BCUT2D eigenvalue weighted by Gasteiger charge is -2.34. The van der Waals surface area contributed by atoms with E-state index in [1.54, 1.807) is 0 Å². The van der Waals surface area contributed by atoms with E-state index < -0.39 is 5.41 Å². The summed E-state index contributed by atoms with van der Waals surface area (Å²) < 4.78 is 0. The van der Waals surface area contributed by atoms with E-state index >= 15 is 0 Å². The highest BCUT2D eigenvalue weighted by molar-refractivity contribution is 6.22. The predicted molar refractivity (Wildman–Crippen MR) is 304 cm³/mol. The number of aromatic nitrogens is 3. The summed E-state index contributed by atoms with van der Waals surface area (Å²) in [6, 6.07) is 94.8. The van der Waals surface area contributed by atoms with Crippen LogP contribution in [0.15, 0.2) is 261 Å². The van der Waals surface area contributed by atoms with Gasteiger partial charge < -0.3 is 0 Å². The van der Waals surface area contributed by atoms with Crippen LogP contribution in [-0.4, -0.2) is 15.0 Å². The Balaban J connectivity index is 0.945. The molecule has 1 aliphatic carbocycles. The molecule has 1 aliphatic rings. The van der Waals surface area contributed by atoms with Crippen LogP contribution in [0.25, 0.3) is 121 Å². The fourth-order valence-corrected chi connectivity index (χ4v) is 12.3. The molecule has 11 aromatic carbocycles.